The third-order valence-corrected chi connectivity index (χ3v) is 3.34. The van der Waals surface area contributed by atoms with Crippen molar-refractivity contribution in [3.63, 3.8) is 0 Å². The number of halogens is 1. The van der Waals surface area contributed by atoms with Crippen molar-refractivity contribution in [3.05, 3.63) is 42.0 Å². The quantitative estimate of drug-likeness (QED) is 0.912. The largest absolute Gasteiger partial charge is 0.389 e. The van der Waals surface area contributed by atoms with Gasteiger partial charge in [-0.1, -0.05) is 17.8 Å². The van der Waals surface area contributed by atoms with Gasteiger partial charge in [0.25, 0.3) is 0 Å². The Kier molecular flexibility index (Phi) is 3.49. The number of hydrogen-bond acceptors (Lipinski definition) is 3. The molecule has 2 rings (SSSR count). The molecule has 0 radical (unpaired) electrons. The van der Waals surface area contributed by atoms with Crippen molar-refractivity contribution in [1.82, 2.24) is 9.78 Å². The first-order valence-electron chi connectivity index (χ1n) is 5.20. The van der Waals surface area contributed by atoms with Gasteiger partial charge < -0.3 is 5.11 Å². The normalized spacial score (nSPS) is 12.7. The van der Waals surface area contributed by atoms with E-state index in [2.05, 4.69) is 5.10 Å². The highest BCUT2D eigenvalue weighted by molar-refractivity contribution is 7.99. The standard InChI is InChI=1S/C12H13FN2OS/c1-8(16)9-3-4-12(11(13)5-9)17-10-6-14-15(2)7-10/h3-8,16H,1-2H3/t8-/m0/s1. The van der Waals surface area contributed by atoms with Crippen molar-refractivity contribution in [3.8, 4) is 0 Å². The van der Waals surface area contributed by atoms with Crippen LogP contribution >= 0.6 is 11.8 Å². The zero-order chi connectivity index (χ0) is 12.4. The predicted molar refractivity (Wildman–Crippen MR) is 64.4 cm³/mol. The molecule has 1 aromatic carbocycles. The Labute approximate surface area is 103 Å². The number of aliphatic hydroxyl groups excluding tert-OH is 1. The van der Waals surface area contributed by atoms with Crippen LogP contribution in [0.4, 0.5) is 4.39 Å². The van der Waals surface area contributed by atoms with Crippen LogP contribution in [0.5, 0.6) is 0 Å². The summed E-state index contributed by atoms with van der Waals surface area (Å²) in [7, 11) is 1.82. The predicted octanol–water partition coefficient (Wildman–Crippen LogP) is 2.76. The Morgan fingerprint density at radius 2 is 2.24 bits per heavy atom. The minimum atomic E-state index is -0.651. The van der Waals surface area contributed by atoms with E-state index in [4.69, 9.17) is 0 Å². The van der Waals surface area contributed by atoms with E-state index in [0.29, 0.717) is 10.5 Å². The Hall–Kier alpha value is -1.33. The van der Waals surface area contributed by atoms with Crippen molar-refractivity contribution in [2.24, 2.45) is 7.05 Å². The molecule has 0 fully saturated rings. The fraction of sp³-hybridized carbons (Fsp3) is 0.250. The Morgan fingerprint density at radius 1 is 1.47 bits per heavy atom. The first-order chi connectivity index (χ1) is 8.06. The van der Waals surface area contributed by atoms with Gasteiger partial charge in [0.05, 0.1) is 17.2 Å². The number of aryl methyl sites for hydroxylation is 1. The monoisotopic (exact) mass is 252 g/mol. The molecule has 90 valence electrons. The molecule has 0 saturated heterocycles. The molecule has 0 spiro atoms. The van der Waals surface area contributed by atoms with Crippen molar-refractivity contribution >= 4 is 11.8 Å². The number of nitrogens with zero attached hydrogens (tertiary/aromatic N) is 2. The summed E-state index contributed by atoms with van der Waals surface area (Å²) in [5.41, 5.74) is 0.582. The van der Waals surface area contributed by atoms with E-state index in [9.17, 15) is 9.50 Å². The molecule has 2 aromatic rings. The van der Waals surface area contributed by atoms with Gasteiger partial charge in [-0.25, -0.2) is 4.39 Å². The van der Waals surface area contributed by atoms with Crippen LogP contribution in [-0.2, 0) is 7.05 Å². The number of rotatable bonds is 3. The zero-order valence-corrected chi connectivity index (χ0v) is 10.4. The molecule has 0 aliphatic heterocycles. The van der Waals surface area contributed by atoms with E-state index in [-0.39, 0.29) is 5.82 Å². The zero-order valence-electron chi connectivity index (χ0n) is 9.59. The van der Waals surface area contributed by atoms with Crippen molar-refractivity contribution in [2.45, 2.75) is 22.8 Å². The topological polar surface area (TPSA) is 38.1 Å². The summed E-state index contributed by atoms with van der Waals surface area (Å²) in [5, 5.41) is 13.4. The lowest BCUT2D eigenvalue weighted by Crippen LogP contribution is -1.92. The van der Waals surface area contributed by atoms with Crippen molar-refractivity contribution in [1.29, 1.82) is 0 Å². The molecule has 1 heterocycles. The maximum absolute atomic E-state index is 13.7. The first-order valence-corrected chi connectivity index (χ1v) is 6.02. The lowest BCUT2D eigenvalue weighted by atomic mass is 10.1. The highest BCUT2D eigenvalue weighted by Crippen LogP contribution is 2.30. The fourth-order valence-electron chi connectivity index (χ4n) is 1.44. The summed E-state index contributed by atoms with van der Waals surface area (Å²) < 4.78 is 15.4. The van der Waals surface area contributed by atoms with Gasteiger partial charge in [-0.05, 0) is 24.6 Å². The molecule has 0 saturated carbocycles. The van der Waals surface area contributed by atoms with Crippen molar-refractivity contribution in [2.75, 3.05) is 0 Å². The minimum absolute atomic E-state index is 0.322. The summed E-state index contributed by atoms with van der Waals surface area (Å²) in [4.78, 5) is 1.42. The molecule has 0 aliphatic rings. The van der Waals surface area contributed by atoms with Gasteiger partial charge in [-0.15, -0.1) is 0 Å². The molecule has 1 atom stereocenters. The third-order valence-electron chi connectivity index (χ3n) is 2.35. The van der Waals surface area contributed by atoms with Crippen LogP contribution in [0.25, 0.3) is 0 Å². The molecule has 1 N–H and O–H groups in total. The van der Waals surface area contributed by atoms with Crippen LogP contribution in [0.15, 0.2) is 40.4 Å². The van der Waals surface area contributed by atoms with Crippen LogP contribution in [0.3, 0.4) is 0 Å². The number of aromatic nitrogens is 2. The van der Waals surface area contributed by atoms with Crippen LogP contribution < -0.4 is 0 Å². The average molecular weight is 252 g/mol. The van der Waals surface area contributed by atoms with E-state index in [1.165, 1.54) is 17.8 Å². The second kappa shape index (κ2) is 4.89. The summed E-state index contributed by atoms with van der Waals surface area (Å²) in [5.74, 6) is -0.322. The molecule has 0 unspecified atom stereocenters. The number of hydrogen-bond donors (Lipinski definition) is 1. The van der Waals surface area contributed by atoms with Gasteiger partial charge in [0.1, 0.15) is 5.82 Å². The number of benzene rings is 1. The highest BCUT2D eigenvalue weighted by Gasteiger charge is 2.09. The van der Waals surface area contributed by atoms with Crippen LogP contribution in [-0.4, -0.2) is 14.9 Å². The summed E-state index contributed by atoms with van der Waals surface area (Å²) >= 11 is 1.32. The molecule has 5 heteroatoms. The third kappa shape index (κ3) is 2.87. The molecular weight excluding hydrogens is 239 g/mol. The SMILES string of the molecule is C[C@H](O)c1ccc(Sc2cnn(C)c2)c(F)c1. The van der Waals surface area contributed by atoms with Crippen molar-refractivity contribution < 1.29 is 9.50 Å². The van der Waals surface area contributed by atoms with E-state index in [1.807, 2.05) is 13.2 Å². The molecule has 0 aliphatic carbocycles. The molecule has 1 aromatic heterocycles. The van der Waals surface area contributed by atoms with Gasteiger partial charge in [0, 0.05) is 18.1 Å². The Balaban J connectivity index is 2.22. The van der Waals surface area contributed by atoms with E-state index >= 15 is 0 Å². The maximum atomic E-state index is 13.7. The van der Waals surface area contributed by atoms with Gasteiger partial charge >= 0.3 is 0 Å². The maximum Gasteiger partial charge on any atom is 0.137 e. The fourth-order valence-corrected chi connectivity index (χ4v) is 2.29. The van der Waals surface area contributed by atoms with E-state index in [1.54, 1.807) is 29.9 Å². The molecular formula is C12H13FN2OS. The lowest BCUT2D eigenvalue weighted by molar-refractivity contribution is 0.198. The van der Waals surface area contributed by atoms with Crippen LogP contribution in [0.1, 0.15) is 18.6 Å². The lowest BCUT2D eigenvalue weighted by Gasteiger charge is -2.07. The van der Waals surface area contributed by atoms with Gasteiger partial charge in [-0.3, -0.25) is 4.68 Å². The molecule has 3 nitrogen and oxygen atoms in total. The van der Waals surface area contributed by atoms with Gasteiger partial charge in [0.15, 0.2) is 0 Å². The summed E-state index contributed by atoms with van der Waals surface area (Å²) in [6.07, 6.45) is 2.86. The molecule has 0 amide bonds. The Morgan fingerprint density at radius 3 is 2.76 bits per heavy atom. The number of aliphatic hydroxyl groups is 1. The van der Waals surface area contributed by atoms with Crippen LogP contribution in [0, 0.1) is 5.82 Å². The average Bonchev–Trinajstić information content (AvgIpc) is 2.67. The van der Waals surface area contributed by atoms with Gasteiger partial charge in [-0.2, -0.15) is 5.10 Å². The van der Waals surface area contributed by atoms with Crippen LogP contribution in [0.2, 0.25) is 0 Å². The summed E-state index contributed by atoms with van der Waals surface area (Å²) in [6, 6.07) is 4.77. The second-order valence-electron chi connectivity index (χ2n) is 3.82. The second-order valence-corrected chi connectivity index (χ2v) is 4.93. The highest BCUT2D eigenvalue weighted by atomic mass is 32.2. The smallest absolute Gasteiger partial charge is 0.137 e. The molecule has 0 bridgehead atoms. The summed E-state index contributed by atoms with van der Waals surface area (Å²) in [6.45, 7) is 1.61. The van der Waals surface area contributed by atoms with E-state index < -0.39 is 6.10 Å². The van der Waals surface area contributed by atoms with E-state index in [0.717, 1.165) is 4.90 Å². The van der Waals surface area contributed by atoms with Gasteiger partial charge in [0.2, 0.25) is 0 Å². The first kappa shape index (κ1) is 12.1. The molecule has 17 heavy (non-hydrogen) atoms. The minimum Gasteiger partial charge on any atom is -0.389 e. The Bertz CT molecular complexity index is 525.